The molecule has 2 aromatic heterocycles. The highest BCUT2D eigenvalue weighted by molar-refractivity contribution is 7.93. The van der Waals surface area contributed by atoms with Crippen LogP contribution in [0.1, 0.15) is 49.6 Å². The van der Waals surface area contributed by atoms with Gasteiger partial charge in [0.15, 0.2) is 0 Å². The molecule has 0 aliphatic heterocycles. The lowest BCUT2D eigenvalue weighted by Crippen LogP contribution is -2.47. The zero-order chi connectivity index (χ0) is 25.4. The van der Waals surface area contributed by atoms with Crippen molar-refractivity contribution in [3.63, 3.8) is 0 Å². The van der Waals surface area contributed by atoms with Crippen LogP contribution in [0.3, 0.4) is 0 Å². The Morgan fingerprint density at radius 3 is 2.49 bits per heavy atom. The number of pyridine rings is 1. The smallest absolute Gasteiger partial charge is 0.364 e. The molecule has 1 aromatic carbocycles. The fourth-order valence-corrected chi connectivity index (χ4v) is 6.96. The lowest BCUT2D eigenvalue weighted by molar-refractivity contribution is -0.137. The fraction of sp³-hybridized carbons (Fsp3) is 0.409. The summed E-state index contributed by atoms with van der Waals surface area (Å²) >= 11 is 7.31. The maximum Gasteiger partial charge on any atom is 0.417 e. The Hall–Kier alpha value is -2.44. The van der Waals surface area contributed by atoms with Crippen LogP contribution >= 0.6 is 22.9 Å². The van der Waals surface area contributed by atoms with Gasteiger partial charge in [-0.1, -0.05) is 55.0 Å². The molecule has 188 valence electrons. The van der Waals surface area contributed by atoms with Crippen molar-refractivity contribution in [2.45, 2.75) is 62.2 Å². The second-order valence-electron chi connectivity index (χ2n) is 8.49. The van der Waals surface area contributed by atoms with E-state index in [1.54, 1.807) is 18.2 Å². The van der Waals surface area contributed by atoms with Gasteiger partial charge in [0.2, 0.25) is 5.13 Å². The molecule has 35 heavy (non-hydrogen) atoms. The van der Waals surface area contributed by atoms with Crippen LogP contribution in [0.5, 0.6) is 0 Å². The van der Waals surface area contributed by atoms with Crippen molar-refractivity contribution in [3.8, 4) is 0 Å². The first-order chi connectivity index (χ1) is 16.5. The largest absolute Gasteiger partial charge is 0.417 e. The Morgan fingerprint density at radius 2 is 1.89 bits per heavy atom. The molecule has 0 bridgehead atoms. The molecule has 1 saturated carbocycles. The third-order valence-electron chi connectivity index (χ3n) is 5.68. The van der Waals surface area contributed by atoms with E-state index in [1.807, 2.05) is 13.8 Å². The Kier molecular flexibility index (Phi) is 7.26. The monoisotopic (exact) mass is 545 g/mol. The van der Waals surface area contributed by atoms with Crippen molar-refractivity contribution in [2.75, 3.05) is 9.62 Å². The van der Waals surface area contributed by atoms with E-state index >= 15 is 0 Å². The van der Waals surface area contributed by atoms with Crippen molar-refractivity contribution in [1.82, 2.24) is 15.2 Å². The van der Waals surface area contributed by atoms with Crippen molar-refractivity contribution >= 4 is 43.9 Å². The average molecular weight is 546 g/mol. The predicted octanol–water partition coefficient (Wildman–Crippen LogP) is 5.96. The average Bonchev–Trinajstić information content (AvgIpc) is 3.46. The Morgan fingerprint density at radius 1 is 1.17 bits per heavy atom. The van der Waals surface area contributed by atoms with Crippen molar-refractivity contribution in [2.24, 2.45) is 0 Å². The molecule has 0 spiro atoms. The SMILES string of the molecule is CC(C)c1nnc(N([C@H]2CCC[C@H]2Nc2ncc(C(F)(F)F)cc2Cl)S(=O)(=O)c2ccccc2)s1. The fourth-order valence-electron chi connectivity index (χ4n) is 3.94. The molecule has 1 aliphatic carbocycles. The number of anilines is 2. The van der Waals surface area contributed by atoms with Gasteiger partial charge in [0.05, 0.1) is 21.5 Å². The van der Waals surface area contributed by atoms with Crippen molar-refractivity contribution in [3.05, 3.63) is 58.2 Å². The van der Waals surface area contributed by atoms with Gasteiger partial charge in [-0.15, -0.1) is 10.2 Å². The van der Waals surface area contributed by atoms with Crippen LogP contribution in [-0.4, -0.2) is 35.7 Å². The maximum atomic E-state index is 13.8. The Labute approximate surface area is 210 Å². The van der Waals surface area contributed by atoms with E-state index in [0.29, 0.717) is 30.5 Å². The third kappa shape index (κ3) is 5.39. The van der Waals surface area contributed by atoms with E-state index in [1.165, 1.54) is 27.8 Å². The third-order valence-corrected chi connectivity index (χ3v) is 9.14. The van der Waals surface area contributed by atoms with Crippen LogP contribution in [0.4, 0.5) is 24.1 Å². The van der Waals surface area contributed by atoms with Gasteiger partial charge in [0, 0.05) is 18.2 Å². The van der Waals surface area contributed by atoms with E-state index in [0.717, 1.165) is 6.07 Å². The highest BCUT2D eigenvalue weighted by atomic mass is 35.5. The van der Waals surface area contributed by atoms with Gasteiger partial charge in [-0.25, -0.2) is 17.7 Å². The van der Waals surface area contributed by atoms with Gasteiger partial charge in [-0.05, 0) is 37.5 Å². The summed E-state index contributed by atoms with van der Waals surface area (Å²) in [6.45, 7) is 3.89. The minimum atomic E-state index is -4.57. The molecule has 1 aliphatic rings. The summed E-state index contributed by atoms with van der Waals surface area (Å²) in [5.41, 5.74) is -0.959. The standard InChI is InChI=1S/C22H23ClF3N5O2S2/c1-13(2)20-29-30-21(34-20)31(35(32,33)15-7-4-3-5-8-15)18-10-6-9-17(18)28-19-16(23)11-14(12-27-19)22(24,25)26/h3-5,7-8,11-13,17-18H,6,9-10H2,1-2H3,(H,27,28)/t17-,18+/m1/s1. The molecule has 0 radical (unpaired) electrons. The van der Waals surface area contributed by atoms with Gasteiger partial charge in [0.1, 0.15) is 10.8 Å². The number of hydrogen-bond acceptors (Lipinski definition) is 7. The summed E-state index contributed by atoms with van der Waals surface area (Å²) in [7, 11) is -4.01. The highest BCUT2D eigenvalue weighted by Gasteiger charge is 2.42. The first-order valence-corrected chi connectivity index (χ1v) is 13.5. The molecule has 0 unspecified atom stereocenters. The Bertz CT molecular complexity index is 1290. The number of aromatic nitrogens is 3. The van der Waals surface area contributed by atoms with Gasteiger partial charge in [0.25, 0.3) is 10.0 Å². The topological polar surface area (TPSA) is 88.1 Å². The van der Waals surface area contributed by atoms with Gasteiger partial charge < -0.3 is 5.32 Å². The van der Waals surface area contributed by atoms with Crippen molar-refractivity contribution < 1.29 is 21.6 Å². The molecule has 3 aromatic rings. The molecule has 2 atom stereocenters. The summed E-state index contributed by atoms with van der Waals surface area (Å²) in [5.74, 6) is 0.129. The van der Waals surface area contributed by atoms with E-state index in [2.05, 4.69) is 20.5 Å². The summed E-state index contributed by atoms with van der Waals surface area (Å²) in [6, 6.07) is 7.80. The van der Waals surface area contributed by atoms with Crippen LogP contribution in [0, 0.1) is 0 Å². The minimum Gasteiger partial charge on any atom is -0.364 e. The molecule has 4 rings (SSSR count). The molecule has 2 heterocycles. The number of nitrogens with one attached hydrogen (secondary N) is 1. The Balaban J connectivity index is 1.71. The normalized spacial score (nSPS) is 18.7. The predicted molar refractivity (Wildman–Crippen MR) is 129 cm³/mol. The number of rotatable bonds is 7. The lowest BCUT2D eigenvalue weighted by atomic mass is 10.1. The number of halogens is 4. The molecule has 0 saturated heterocycles. The van der Waals surface area contributed by atoms with Crippen LogP contribution in [0.25, 0.3) is 0 Å². The number of benzene rings is 1. The first-order valence-electron chi connectivity index (χ1n) is 10.9. The molecular formula is C22H23ClF3N5O2S2. The molecule has 13 heteroatoms. The molecule has 1 N–H and O–H groups in total. The summed E-state index contributed by atoms with van der Waals surface area (Å²) in [4.78, 5) is 3.97. The van der Waals surface area contributed by atoms with E-state index in [-0.39, 0.29) is 26.8 Å². The maximum absolute atomic E-state index is 13.8. The summed E-state index contributed by atoms with van der Waals surface area (Å²) in [5, 5.41) is 12.2. The molecule has 7 nitrogen and oxygen atoms in total. The van der Waals surface area contributed by atoms with Crippen molar-refractivity contribution in [1.29, 1.82) is 0 Å². The molecule has 0 amide bonds. The van der Waals surface area contributed by atoms with E-state index in [9.17, 15) is 21.6 Å². The quantitative estimate of drug-likeness (QED) is 0.394. The molecular weight excluding hydrogens is 523 g/mol. The lowest BCUT2D eigenvalue weighted by Gasteiger charge is -2.32. The van der Waals surface area contributed by atoms with Crippen LogP contribution in [0.15, 0.2) is 47.5 Å². The molecule has 1 fully saturated rings. The van der Waals surface area contributed by atoms with Crippen LogP contribution < -0.4 is 9.62 Å². The second-order valence-corrected chi connectivity index (χ2v) is 11.7. The van der Waals surface area contributed by atoms with Crippen LogP contribution in [-0.2, 0) is 16.2 Å². The van der Waals surface area contributed by atoms with Gasteiger partial charge in [-0.2, -0.15) is 13.2 Å². The van der Waals surface area contributed by atoms with Gasteiger partial charge >= 0.3 is 6.18 Å². The van der Waals surface area contributed by atoms with E-state index in [4.69, 9.17) is 11.6 Å². The number of hydrogen-bond donors (Lipinski definition) is 1. The minimum absolute atomic E-state index is 0.0637. The van der Waals surface area contributed by atoms with Crippen LogP contribution in [0.2, 0.25) is 5.02 Å². The zero-order valence-electron chi connectivity index (χ0n) is 18.8. The second kappa shape index (κ2) is 9.90. The number of alkyl halides is 3. The first kappa shape index (κ1) is 25.6. The van der Waals surface area contributed by atoms with E-state index < -0.39 is 33.8 Å². The highest BCUT2D eigenvalue weighted by Crippen LogP contribution is 2.39. The number of sulfonamides is 1. The van der Waals surface area contributed by atoms with Gasteiger partial charge in [-0.3, -0.25) is 0 Å². The summed E-state index contributed by atoms with van der Waals surface area (Å²) < 4.78 is 67.9. The number of nitrogens with zero attached hydrogens (tertiary/aromatic N) is 4. The summed E-state index contributed by atoms with van der Waals surface area (Å²) in [6.07, 6.45) is -2.09. The zero-order valence-corrected chi connectivity index (χ0v) is 21.2.